The Kier molecular flexibility index (Phi) is 3.43. The molecule has 1 aromatic carbocycles. The molecule has 0 saturated heterocycles. The van der Waals surface area contributed by atoms with E-state index >= 15 is 0 Å². The third-order valence-electron chi connectivity index (χ3n) is 3.41. The van der Waals surface area contributed by atoms with Gasteiger partial charge in [0.1, 0.15) is 5.69 Å². The molecule has 102 valence electrons. The summed E-state index contributed by atoms with van der Waals surface area (Å²) in [6.07, 6.45) is 4.08. The van der Waals surface area contributed by atoms with Crippen LogP contribution in [0.1, 0.15) is 27.3 Å². The van der Waals surface area contributed by atoms with Crippen molar-refractivity contribution >= 4 is 11.6 Å². The molecule has 2 N–H and O–H groups in total. The highest BCUT2D eigenvalue weighted by molar-refractivity contribution is 6.03. The molecule has 5 nitrogen and oxygen atoms in total. The summed E-state index contributed by atoms with van der Waals surface area (Å²) in [6.45, 7) is 3.60. The quantitative estimate of drug-likeness (QED) is 0.869. The second-order valence-corrected chi connectivity index (χ2v) is 4.87. The van der Waals surface area contributed by atoms with Gasteiger partial charge in [-0.3, -0.25) is 9.78 Å². The monoisotopic (exact) mass is 268 g/mol. The molecule has 0 bridgehead atoms. The van der Waals surface area contributed by atoms with Crippen molar-refractivity contribution in [3.63, 3.8) is 0 Å². The first-order valence-corrected chi connectivity index (χ1v) is 6.65. The van der Waals surface area contributed by atoms with Crippen molar-refractivity contribution in [3.05, 3.63) is 53.1 Å². The highest BCUT2D eigenvalue weighted by atomic mass is 16.1. The van der Waals surface area contributed by atoms with Crippen LogP contribution in [0.4, 0.5) is 5.69 Å². The maximum absolute atomic E-state index is 12.2. The highest BCUT2D eigenvalue weighted by Crippen LogP contribution is 2.23. The van der Waals surface area contributed by atoms with Gasteiger partial charge in [-0.1, -0.05) is 12.1 Å². The Morgan fingerprint density at radius 1 is 1.30 bits per heavy atom. The van der Waals surface area contributed by atoms with Gasteiger partial charge in [0, 0.05) is 18.4 Å². The third kappa shape index (κ3) is 2.53. The largest absolute Gasteiger partial charge is 0.320 e. The molecule has 5 heteroatoms. The number of aryl methyl sites for hydroxylation is 1. The van der Waals surface area contributed by atoms with Gasteiger partial charge in [-0.2, -0.15) is 0 Å². The number of rotatable bonds is 2. The van der Waals surface area contributed by atoms with Gasteiger partial charge in [0.15, 0.2) is 0 Å². The summed E-state index contributed by atoms with van der Waals surface area (Å²) >= 11 is 0. The molecule has 0 fully saturated rings. The van der Waals surface area contributed by atoms with E-state index in [0.717, 1.165) is 36.5 Å². The van der Waals surface area contributed by atoms with Crippen LogP contribution in [0, 0.1) is 6.92 Å². The van der Waals surface area contributed by atoms with Gasteiger partial charge in [-0.25, -0.2) is 4.98 Å². The van der Waals surface area contributed by atoms with E-state index in [9.17, 15) is 4.79 Å². The minimum absolute atomic E-state index is 0.225. The summed E-state index contributed by atoms with van der Waals surface area (Å²) < 4.78 is 0. The van der Waals surface area contributed by atoms with Crippen LogP contribution in [-0.2, 0) is 13.0 Å². The van der Waals surface area contributed by atoms with Crippen molar-refractivity contribution in [3.8, 4) is 0 Å². The molecule has 20 heavy (non-hydrogen) atoms. The van der Waals surface area contributed by atoms with Crippen LogP contribution in [0.3, 0.4) is 0 Å². The Labute approximate surface area is 117 Å². The Bertz CT molecular complexity index is 637. The molecule has 0 unspecified atom stereocenters. The predicted octanol–water partition coefficient (Wildman–Crippen LogP) is 1.68. The van der Waals surface area contributed by atoms with Crippen molar-refractivity contribution < 1.29 is 4.79 Å². The zero-order valence-electron chi connectivity index (χ0n) is 11.3. The fourth-order valence-corrected chi connectivity index (χ4v) is 2.33. The van der Waals surface area contributed by atoms with Crippen molar-refractivity contribution in [2.45, 2.75) is 19.9 Å². The normalized spacial score (nSPS) is 13.7. The van der Waals surface area contributed by atoms with Crippen LogP contribution in [0.15, 0.2) is 30.6 Å². The molecule has 3 rings (SSSR count). The molecule has 0 saturated carbocycles. The Morgan fingerprint density at radius 2 is 2.20 bits per heavy atom. The molecule has 2 heterocycles. The standard InChI is InChI=1S/C15H16N4O/c1-10-7-18-14(9-17-10)15(20)19-13-4-2-3-11-5-6-16-8-12(11)13/h2-4,7,9,16H,5-6,8H2,1H3,(H,19,20). The maximum atomic E-state index is 12.2. The van der Waals surface area contributed by atoms with Crippen LogP contribution >= 0.6 is 0 Å². The van der Waals surface area contributed by atoms with E-state index in [2.05, 4.69) is 26.7 Å². The molecule has 1 aliphatic rings. The Morgan fingerprint density at radius 3 is 3.00 bits per heavy atom. The van der Waals surface area contributed by atoms with E-state index in [4.69, 9.17) is 0 Å². The molecular weight excluding hydrogens is 252 g/mol. The minimum atomic E-state index is -0.225. The van der Waals surface area contributed by atoms with Crippen LogP contribution < -0.4 is 10.6 Å². The number of amides is 1. The molecule has 0 spiro atoms. The summed E-state index contributed by atoms with van der Waals surface area (Å²) in [4.78, 5) is 20.4. The second-order valence-electron chi connectivity index (χ2n) is 4.87. The first-order chi connectivity index (χ1) is 9.74. The first kappa shape index (κ1) is 12.7. The summed E-state index contributed by atoms with van der Waals surface area (Å²) in [5.74, 6) is -0.225. The molecule has 2 aromatic rings. The lowest BCUT2D eigenvalue weighted by Crippen LogP contribution is -2.25. The molecule has 0 aliphatic carbocycles. The van der Waals surface area contributed by atoms with E-state index in [1.807, 2.05) is 19.1 Å². The van der Waals surface area contributed by atoms with Crippen LogP contribution in [0.5, 0.6) is 0 Å². The number of carbonyl (C=O) groups excluding carboxylic acids is 1. The van der Waals surface area contributed by atoms with E-state index in [1.54, 1.807) is 6.20 Å². The van der Waals surface area contributed by atoms with Crippen molar-refractivity contribution in [2.75, 3.05) is 11.9 Å². The van der Waals surface area contributed by atoms with Crippen LogP contribution in [-0.4, -0.2) is 22.4 Å². The van der Waals surface area contributed by atoms with E-state index in [0.29, 0.717) is 5.69 Å². The lowest BCUT2D eigenvalue weighted by Gasteiger charge is -2.20. The van der Waals surface area contributed by atoms with E-state index in [1.165, 1.54) is 11.8 Å². The van der Waals surface area contributed by atoms with Crippen molar-refractivity contribution in [2.24, 2.45) is 0 Å². The predicted molar refractivity (Wildman–Crippen MR) is 76.6 cm³/mol. The lowest BCUT2D eigenvalue weighted by atomic mass is 9.99. The maximum Gasteiger partial charge on any atom is 0.275 e. The zero-order valence-corrected chi connectivity index (χ0v) is 11.3. The number of fused-ring (bicyclic) bond motifs is 1. The average Bonchev–Trinajstić information content (AvgIpc) is 2.48. The molecule has 1 amide bonds. The molecule has 1 aliphatic heterocycles. The first-order valence-electron chi connectivity index (χ1n) is 6.65. The Balaban J connectivity index is 1.84. The van der Waals surface area contributed by atoms with Gasteiger partial charge < -0.3 is 10.6 Å². The fraction of sp³-hybridized carbons (Fsp3) is 0.267. The summed E-state index contributed by atoms with van der Waals surface area (Å²) in [6, 6.07) is 6.00. The minimum Gasteiger partial charge on any atom is -0.320 e. The van der Waals surface area contributed by atoms with Gasteiger partial charge in [0.05, 0.1) is 11.9 Å². The zero-order chi connectivity index (χ0) is 13.9. The number of hydrogen-bond donors (Lipinski definition) is 2. The third-order valence-corrected chi connectivity index (χ3v) is 3.41. The number of anilines is 1. The number of benzene rings is 1. The van der Waals surface area contributed by atoms with Crippen LogP contribution in [0.25, 0.3) is 0 Å². The van der Waals surface area contributed by atoms with E-state index in [-0.39, 0.29) is 5.91 Å². The number of nitrogens with zero attached hydrogens (tertiary/aromatic N) is 2. The van der Waals surface area contributed by atoms with Gasteiger partial charge in [-0.05, 0) is 37.1 Å². The molecule has 0 radical (unpaired) electrons. The van der Waals surface area contributed by atoms with Crippen molar-refractivity contribution in [1.29, 1.82) is 0 Å². The molecule has 0 atom stereocenters. The summed E-state index contributed by atoms with van der Waals surface area (Å²) in [5.41, 5.74) is 4.42. The average molecular weight is 268 g/mol. The topological polar surface area (TPSA) is 66.9 Å². The number of carbonyl (C=O) groups is 1. The summed E-state index contributed by atoms with van der Waals surface area (Å²) in [7, 11) is 0. The van der Waals surface area contributed by atoms with Crippen molar-refractivity contribution in [1.82, 2.24) is 15.3 Å². The summed E-state index contributed by atoms with van der Waals surface area (Å²) in [5, 5.41) is 6.25. The molecular formula is C15H16N4O. The Hall–Kier alpha value is -2.27. The van der Waals surface area contributed by atoms with Gasteiger partial charge in [0.25, 0.3) is 5.91 Å². The lowest BCUT2D eigenvalue weighted by molar-refractivity contribution is 0.102. The molecule has 1 aromatic heterocycles. The smallest absolute Gasteiger partial charge is 0.275 e. The second kappa shape index (κ2) is 5.38. The fourth-order valence-electron chi connectivity index (χ4n) is 2.33. The SMILES string of the molecule is Cc1cnc(C(=O)Nc2cccc3c2CNCC3)cn1. The highest BCUT2D eigenvalue weighted by Gasteiger charge is 2.15. The van der Waals surface area contributed by atoms with Gasteiger partial charge in [0.2, 0.25) is 0 Å². The number of aromatic nitrogens is 2. The van der Waals surface area contributed by atoms with Crippen LogP contribution in [0.2, 0.25) is 0 Å². The van der Waals surface area contributed by atoms with Gasteiger partial charge in [-0.15, -0.1) is 0 Å². The number of nitrogens with one attached hydrogen (secondary N) is 2. The van der Waals surface area contributed by atoms with Gasteiger partial charge >= 0.3 is 0 Å². The number of hydrogen-bond acceptors (Lipinski definition) is 4. The van der Waals surface area contributed by atoms with E-state index < -0.39 is 0 Å².